The zero-order valence-electron chi connectivity index (χ0n) is 14.3. The van der Waals surface area contributed by atoms with Crippen molar-refractivity contribution in [3.8, 4) is 11.4 Å². The van der Waals surface area contributed by atoms with E-state index in [1.54, 1.807) is 6.07 Å². The lowest BCUT2D eigenvalue weighted by Gasteiger charge is -2.08. The summed E-state index contributed by atoms with van der Waals surface area (Å²) in [5, 5.41) is 4.42. The molecule has 2 aromatic carbocycles. The van der Waals surface area contributed by atoms with Crippen molar-refractivity contribution in [3.63, 3.8) is 0 Å². The highest BCUT2D eigenvalue weighted by Crippen LogP contribution is 2.20. The van der Waals surface area contributed by atoms with Crippen molar-refractivity contribution < 1.29 is 4.52 Å². The number of nitrogens with zero attached hydrogens (tertiary/aromatic N) is 3. The number of aryl methyl sites for hydroxylation is 2. The fourth-order valence-corrected chi connectivity index (χ4v) is 3.00. The summed E-state index contributed by atoms with van der Waals surface area (Å²) in [4.78, 5) is 31.8. The zero-order valence-corrected chi connectivity index (χ0v) is 14.3. The number of hydrogen-bond donors (Lipinski definition) is 1. The van der Waals surface area contributed by atoms with Crippen LogP contribution in [0.25, 0.3) is 22.3 Å². The van der Waals surface area contributed by atoms with Crippen LogP contribution in [0.3, 0.4) is 0 Å². The lowest BCUT2D eigenvalue weighted by Crippen LogP contribution is -2.21. The molecule has 0 saturated heterocycles. The Balaban J connectivity index is 1.85. The molecule has 0 aliphatic carbocycles. The third-order valence-electron chi connectivity index (χ3n) is 4.37. The van der Waals surface area contributed by atoms with Gasteiger partial charge in [0, 0.05) is 5.56 Å². The minimum atomic E-state index is -0.601. The molecule has 0 radical (unpaired) electrons. The van der Waals surface area contributed by atoms with Crippen molar-refractivity contribution in [3.05, 3.63) is 80.3 Å². The van der Waals surface area contributed by atoms with E-state index >= 15 is 0 Å². The van der Waals surface area contributed by atoms with E-state index in [0.717, 1.165) is 16.7 Å². The maximum Gasteiger partial charge on any atom is 0.442 e. The van der Waals surface area contributed by atoms with Gasteiger partial charge in [0.05, 0.1) is 17.4 Å². The van der Waals surface area contributed by atoms with Gasteiger partial charge in [-0.05, 0) is 31.0 Å². The largest absolute Gasteiger partial charge is 0.442 e. The smallest absolute Gasteiger partial charge is 0.308 e. The Morgan fingerprint density at radius 3 is 2.62 bits per heavy atom. The van der Waals surface area contributed by atoms with Crippen LogP contribution in [0.1, 0.15) is 17.0 Å². The van der Waals surface area contributed by atoms with Gasteiger partial charge in [-0.3, -0.25) is 9.32 Å². The second-order valence-corrected chi connectivity index (χ2v) is 6.16. The summed E-state index contributed by atoms with van der Waals surface area (Å²) in [5.41, 5.74) is 3.03. The molecule has 0 bridgehead atoms. The summed E-state index contributed by atoms with van der Waals surface area (Å²) in [6.07, 6.45) is 0. The normalized spacial score (nSPS) is 11.2. The van der Waals surface area contributed by atoms with Gasteiger partial charge in [-0.15, -0.1) is 0 Å². The molecule has 0 saturated carbocycles. The number of benzene rings is 2. The fraction of sp³-hybridized carbons (Fsp3) is 0.158. The Labute approximate surface area is 147 Å². The lowest BCUT2D eigenvalue weighted by atomic mass is 10.1. The van der Waals surface area contributed by atoms with Crippen molar-refractivity contribution in [1.82, 2.24) is 19.7 Å². The molecule has 7 heteroatoms. The van der Waals surface area contributed by atoms with Crippen LogP contribution < -0.4 is 11.3 Å². The fourth-order valence-electron chi connectivity index (χ4n) is 3.00. The van der Waals surface area contributed by atoms with Crippen LogP contribution in [-0.4, -0.2) is 19.7 Å². The highest BCUT2D eigenvalue weighted by atomic mass is 16.5. The van der Waals surface area contributed by atoms with E-state index in [4.69, 9.17) is 4.52 Å². The number of para-hydroxylation sites is 1. The van der Waals surface area contributed by atoms with E-state index in [-0.39, 0.29) is 12.1 Å². The van der Waals surface area contributed by atoms with E-state index in [1.165, 1.54) is 4.57 Å². The van der Waals surface area contributed by atoms with Crippen LogP contribution in [0.4, 0.5) is 0 Å². The molecular weight excluding hydrogens is 332 g/mol. The molecule has 0 unspecified atom stereocenters. The molecule has 26 heavy (non-hydrogen) atoms. The second-order valence-electron chi connectivity index (χ2n) is 6.16. The topological polar surface area (TPSA) is 93.8 Å². The van der Waals surface area contributed by atoms with E-state index in [9.17, 15) is 9.59 Å². The minimum absolute atomic E-state index is 0.0610. The Kier molecular flexibility index (Phi) is 3.76. The average molecular weight is 348 g/mol. The number of hydrogen-bond acceptors (Lipinski definition) is 5. The molecule has 0 aliphatic rings. The Morgan fingerprint density at radius 2 is 1.81 bits per heavy atom. The molecular formula is C19H16N4O3. The first-order valence-corrected chi connectivity index (χ1v) is 8.15. The van der Waals surface area contributed by atoms with Gasteiger partial charge in [-0.1, -0.05) is 41.6 Å². The molecule has 0 amide bonds. The molecule has 0 aliphatic heterocycles. The van der Waals surface area contributed by atoms with Gasteiger partial charge in [-0.2, -0.15) is 0 Å². The standard InChI is InChI=1S/C19H16N4O3/c1-11-6-3-4-8-13(11)17-22-26-19(25)23(17)10-15-20-16-12(2)7-5-9-14(16)18(24)21-15/h3-9H,10H2,1-2H3,(H,20,21,24). The molecule has 0 spiro atoms. The summed E-state index contributed by atoms with van der Waals surface area (Å²) in [5.74, 6) is 0.174. The number of nitrogens with one attached hydrogen (secondary N) is 1. The van der Waals surface area contributed by atoms with Crippen molar-refractivity contribution in [2.24, 2.45) is 0 Å². The summed E-state index contributed by atoms with van der Waals surface area (Å²) >= 11 is 0. The van der Waals surface area contributed by atoms with Crippen molar-refractivity contribution in [2.45, 2.75) is 20.4 Å². The lowest BCUT2D eigenvalue weighted by molar-refractivity contribution is 0.377. The first-order valence-electron chi connectivity index (χ1n) is 8.15. The van der Waals surface area contributed by atoms with Gasteiger partial charge >= 0.3 is 5.76 Å². The third kappa shape index (κ3) is 2.63. The van der Waals surface area contributed by atoms with Crippen LogP contribution >= 0.6 is 0 Å². The number of fused-ring (bicyclic) bond motifs is 1. The van der Waals surface area contributed by atoms with Crippen LogP contribution in [0.5, 0.6) is 0 Å². The van der Waals surface area contributed by atoms with E-state index in [2.05, 4.69) is 15.1 Å². The summed E-state index contributed by atoms with van der Waals surface area (Å²) in [6, 6.07) is 13.0. The van der Waals surface area contributed by atoms with E-state index in [0.29, 0.717) is 22.6 Å². The van der Waals surface area contributed by atoms with Crippen molar-refractivity contribution in [1.29, 1.82) is 0 Å². The number of rotatable bonds is 3. The maximum absolute atomic E-state index is 12.4. The second kappa shape index (κ2) is 6.11. The number of H-pyrrole nitrogens is 1. The predicted octanol–water partition coefficient (Wildman–Crippen LogP) is 2.40. The average Bonchev–Trinajstić information content (AvgIpc) is 2.97. The summed E-state index contributed by atoms with van der Waals surface area (Å²) in [6.45, 7) is 3.88. The van der Waals surface area contributed by atoms with Crippen LogP contribution in [0.15, 0.2) is 56.6 Å². The third-order valence-corrected chi connectivity index (χ3v) is 4.37. The van der Waals surface area contributed by atoms with Crippen LogP contribution in [0, 0.1) is 13.8 Å². The van der Waals surface area contributed by atoms with Gasteiger partial charge in [0.1, 0.15) is 5.82 Å². The Hall–Kier alpha value is -3.48. The number of aromatic nitrogens is 4. The Morgan fingerprint density at radius 1 is 1.04 bits per heavy atom. The molecule has 2 aromatic heterocycles. The first kappa shape index (κ1) is 16.0. The van der Waals surface area contributed by atoms with Gasteiger partial charge in [0.2, 0.25) is 0 Å². The molecule has 130 valence electrons. The minimum Gasteiger partial charge on any atom is -0.308 e. The maximum atomic E-state index is 12.4. The summed E-state index contributed by atoms with van der Waals surface area (Å²) in [7, 11) is 0. The van der Waals surface area contributed by atoms with Crippen LogP contribution in [0.2, 0.25) is 0 Å². The SMILES string of the molecule is Cc1ccccc1-c1noc(=O)n1Cc1nc2c(C)cccc2c(=O)[nH]1. The Bertz CT molecular complexity index is 1230. The van der Waals surface area contributed by atoms with Gasteiger partial charge in [0.15, 0.2) is 5.82 Å². The highest BCUT2D eigenvalue weighted by molar-refractivity contribution is 5.80. The van der Waals surface area contributed by atoms with Gasteiger partial charge in [-0.25, -0.2) is 14.3 Å². The summed E-state index contributed by atoms with van der Waals surface area (Å²) < 4.78 is 6.22. The van der Waals surface area contributed by atoms with Crippen molar-refractivity contribution in [2.75, 3.05) is 0 Å². The highest BCUT2D eigenvalue weighted by Gasteiger charge is 2.16. The molecule has 4 aromatic rings. The molecule has 2 heterocycles. The molecule has 4 rings (SSSR count). The predicted molar refractivity (Wildman–Crippen MR) is 97.1 cm³/mol. The number of aromatic amines is 1. The molecule has 7 nitrogen and oxygen atoms in total. The van der Waals surface area contributed by atoms with Crippen LogP contribution in [-0.2, 0) is 6.54 Å². The van der Waals surface area contributed by atoms with Gasteiger partial charge < -0.3 is 4.98 Å². The molecule has 0 atom stereocenters. The first-order chi connectivity index (χ1) is 12.5. The van der Waals surface area contributed by atoms with E-state index < -0.39 is 5.76 Å². The van der Waals surface area contributed by atoms with Crippen molar-refractivity contribution >= 4 is 10.9 Å². The quantitative estimate of drug-likeness (QED) is 0.613. The van der Waals surface area contributed by atoms with E-state index in [1.807, 2.05) is 50.2 Å². The monoisotopic (exact) mass is 348 g/mol. The molecule has 1 N–H and O–H groups in total. The van der Waals surface area contributed by atoms with Gasteiger partial charge in [0.25, 0.3) is 5.56 Å². The molecule has 0 fully saturated rings. The zero-order chi connectivity index (χ0) is 18.3.